The Bertz CT molecular complexity index is 86.2. The quantitative estimate of drug-likeness (QED) is 0.392. The molecule has 1 atom stereocenters. The van der Waals surface area contributed by atoms with Gasteiger partial charge in [-0.25, -0.2) is 0 Å². The number of ether oxygens (including phenoxy) is 1. The highest BCUT2D eigenvalue weighted by molar-refractivity contribution is 4.99. The van der Waals surface area contributed by atoms with Crippen molar-refractivity contribution in [2.75, 3.05) is 0 Å². The molecule has 0 spiro atoms. The van der Waals surface area contributed by atoms with Crippen LogP contribution in [0.1, 0.15) is 13.3 Å². The van der Waals surface area contributed by atoms with Crippen LogP contribution in [0.4, 0.5) is 0 Å². The highest BCUT2D eigenvalue weighted by atomic mass is 16.5. The Hall–Kier alpha value is -0.640. The lowest BCUT2D eigenvalue weighted by Crippen LogP contribution is -1.95. The van der Waals surface area contributed by atoms with Crippen LogP contribution < -0.4 is 0 Å². The minimum atomic E-state index is 0.324. The lowest BCUT2D eigenvalue weighted by molar-refractivity contribution is 0.206. The third-order valence-electron chi connectivity index (χ3n) is 0.722. The van der Waals surface area contributed by atoms with Crippen LogP contribution in [-0.4, -0.2) is 6.10 Å². The summed E-state index contributed by atoms with van der Waals surface area (Å²) in [6.45, 7) is 1.99. The Morgan fingerprint density at radius 1 is 1.83 bits per heavy atom. The molecular formula is C5H6O. The van der Waals surface area contributed by atoms with Crippen molar-refractivity contribution in [1.82, 2.24) is 0 Å². The van der Waals surface area contributed by atoms with E-state index in [2.05, 4.69) is 12.0 Å². The molecule has 0 N–H and O–H groups in total. The summed E-state index contributed by atoms with van der Waals surface area (Å²) in [7, 11) is 0. The predicted molar refractivity (Wildman–Crippen MR) is 22.9 cm³/mol. The maximum Gasteiger partial charge on any atom is 0.119 e. The van der Waals surface area contributed by atoms with Crippen molar-refractivity contribution < 1.29 is 4.74 Å². The van der Waals surface area contributed by atoms with E-state index in [-0.39, 0.29) is 0 Å². The Morgan fingerprint density at radius 2 is 2.67 bits per heavy atom. The van der Waals surface area contributed by atoms with Gasteiger partial charge in [0.15, 0.2) is 0 Å². The lowest BCUT2D eigenvalue weighted by Gasteiger charge is -1.94. The molecule has 6 heavy (non-hydrogen) atoms. The normalized spacial score (nSPS) is 27.8. The van der Waals surface area contributed by atoms with E-state index in [0.29, 0.717) is 6.10 Å². The Balaban J connectivity index is 2.37. The standard InChI is InChI=1S/C5H6O/c1-5-3-2-4-6-5/h5H,3H2,1H3/t5-/m0/s1. The first-order chi connectivity index (χ1) is 2.89. The molecule has 1 rings (SSSR count). The van der Waals surface area contributed by atoms with E-state index in [4.69, 9.17) is 4.74 Å². The average molecular weight is 82.1 g/mol. The van der Waals surface area contributed by atoms with Gasteiger partial charge in [0, 0.05) is 0 Å². The van der Waals surface area contributed by atoms with Crippen LogP contribution in [0.25, 0.3) is 0 Å². The largest absolute Gasteiger partial charge is 0.443 e. The van der Waals surface area contributed by atoms with Crippen LogP contribution >= 0.6 is 0 Å². The second kappa shape index (κ2) is 1.22. The van der Waals surface area contributed by atoms with Gasteiger partial charge >= 0.3 is 0 Å². The van der Waals surface area contributed by atoms with E-state index in [9.17, 15) is 0 Å². The summed E-state index contributed by atoms with van der Waals surface area (Å²) in [5.74, 6) is 2.80. The zero-order valence-electron chi connectivity index (χ0n) is 3.69. The Labute approximate surface area is 37.3 Å². The van der Waals surface area contributed by atoms with Crippen molar-refractivity contribution in [1.29, 1.82) is 0 Å². The first-order valence-electron chi connectivity index (χ1n) is 2.03. The van der Waals surface area contributed by atoms with Gasteiger partial charge in [0.1, 0.15) is 12.2 Å². The van der Waals surface area contributed by atoms with Gasteiger partial charge in [-0.1, -0.05) is 5.92 Å². The molecule has 1 aliphatic heterocycles. The second-order valence-corrected chi connectivity index (χ2v) is 1.41. The second-order valence-electron chi connectivity index (χ2n) is 1.41. The summed E-state index contributed by atoms with van der Waals surface area (Å²) in [6.07, 6.45) is 3.75. The molecule has 0 amide bonds. The summed E-state index contributed by atoms with van der Waals surface area (Å²) >= 11 is 0. The van der Waals surface area contributed by atoms with E-state index in [1.807, 2.05) is 6.92 Å². The molecule has 1 heterocycles. The van der Waals surface area contributed by atoms with Gasteiger partial charge in [-0.3, -0.25) is 0 Å². The fourth-order valence-electron chi connectivity index (χ4n) is 0.369. The molecule has 1 nitrogen and oxygen atoms in total. The van der Waals surface area contributed by atoms with Gasteiger partial charge < -0.3 is 4.74 Å². The molecule has 0 aromatic carbocycles. The molecule has 0 saturated carbocycles. The molecule has 0 aliphatic carbocycles. The van der Waals surface area contributed by atoms with Crippen LogP contribution in [0.3, 0.4) is 0 Å². The van der Waals surface area contributed by atoms with Crippen LogP contribution in [0.15, 0.2) is 0 Å². The molecule has 0 bridgehead atoms. The maximum absolute atomic E-state index is 4.79. The zero-order valence-corrected chi connectivity index (χ0v) is 3.69. The third-order valence-corrected chi connectivity index (χ3v) is 0.722. The average Bonchev–Trinajstić information content (AvgIpc) is 1.86. The highest BCUT2D eigenvalue weighted by Crippen LogP contribution is 1.98. The summed E-state index contributed by atoms with van der Waals surface area (Å²) in [6, 6.07) is 0. The lowest BCUT2D eigenvalue weighted by atomic mass is 10.3. The molecule has 0 unspecified atom stereocenters. The van der Waals surface area contributed by atoms with Gasteiger partial charge in [-0.2, -0.15) is 0 Å². The summed E-state index contributed by atoms with van der Waals surface area (Å²) in [5, 5.41) is 0. The van der Waals surface area contributed by atoms with E-state index in [0.717, 1.165) is 6.42 Å². The van der Waals surface area contributed by atoms with Crippen molar-refractivity contribution in [2.24, 2.45) is 0 Å². The smallest absolute Gasteiger partial charge is 0.119 e. The molecule has 0 fully saturated rings. The van der Waals surface area contributed by atoms with Gasteiger partial charge in [0.25, 0.3) is 0 Å². The molecule has 0 radical (unpaired) electrons. The first-order valence-corrected chi connectivity index (χ1v) is 2.03. The van der Waals surface area contributed by atoms with Crippen LogP contribution in [0, 0.1) is 12.0 Å². The molecule has 0 saturated heterocycles. The molecule has 0 aromatic rings. The van der Waals surface area contributed by atoms with E-state index >= 15 is 0 Å². The number of hydrogen-bond acceptors (Lipinski definition) is 1. The molecule has 1 heteroatoms. The van der Waals surface area contributed by atoms with E-state index in [1.54, 1.807) is 0 Å². The van der Waals surface area contributed by atoms with Crippen molar-refractivity contribution in [3.05, 3.63) is 0 Å². The van der Waals surface area contributed by atoms with E-state index in [1.165, 1.54) is 0 Å². The minimum absolute atomic E-state index is 0.324. The highest BCUT2D eigenvalue weighted by Gasteiger charge is 2.00. The molecule has 0 aromatic heterocycles. The third kappa shape index (κ3) is 0.463. The number of hydrogen-bond donors (Lipinski definition) is 0. The van der Waals surface area contributed by atoms with Crippen LogP contribution in [0.5, 0.6) is 0 Å². The van der Waals surface area contributed by atoms with Crippen molar-refractivity contribution in [3.63, 3.8) is 0 Å². The number of rotatable bonds is 0. The van der Waals surface area contributed by atoms with Gasteiger partial charge in [0.2, 0.25) is 0 Å². The van der Waals surface area contributed by atoms with Crippen molar-refractivity contribution >= 4 is 0 Å². The van der Waals surface area contributed by atoms with Gasteiger partial charge in [0.05, 0.1) is 6.42 Å². The topological polar surface area (TPSA) is 9.23 Å². The fourth-order valence-corrected chi connectivity index (χ4v) is 0.369. The van der Waals surface area contributed by atoms with Gasteiger partial charge in [-0.05, 0) is 6.92 Å². The van der Waals surface area contributed by atoms with Crippen LogP contribution in [-0.2, 0) is 4.74 Å². The maximum atomic E-state index is 4.79. The van der Waals surface area contributed by atoms with Crippen molar-refractivity contribution in [3.8, 4) is 12.0 Å². The first kappa shape index (κ1) is 3.55. The van der Waals surface area contributed by atoms with Crippen LogP contribution in [0.2, 0.25) is 0 Å². The Kier molecular flexibility index (Phi) is 0.719. The monoisotopic (exact) mass is 82.0 g/mol. The van der Waals surface area contributed by atoms with Gasteiger partial charge in [-0.15, -0.1) is 0 Å². The summed E-state index contributed by atoms with van der Waals surface area (Å²) < 4.78 is 4.79. The molecule has 1 aliphatic rings. The fraction of sp³-hybridized carbons (Fsp3) is 0.600. The predicted octanol–water partition coefficient (Wildman–Crippen LogP) is 0.756. The summed E-state index contributed by atoms with van der Waals surface area (Å²) in [5.41, 5.74) is 0. The van der Waals surface area contributed by atoms with Crippen molar-refractivity contribution in [2.45, 2.75) is 19.4 Å². The Morgan fingerprint density at radius 3 is 2.83 bits per heavy atom. The zero-order chi connectivity index (χ0) is 4.41. The van der Waals surface area contributed by atoms with E-state index < -0.39 is 0 Å². The molecular weight excluding hydrogens is 76.1 g/mol. The molecule has 32 valence electrons. The summed E-state index contributed by atoms with van der Waals surface area (Å²) in [4.78, 5) is 0. The SMILES string of the molecule is C[C@H]1CC#CO1. The minimum Gasteiger partial charge on any atom is -0.443 e.